The fourth-order valence-electron chi connectivity index (χ4n) is 2.50. The molecule has 1 aromatic rings. The third-order valence-electron chi connectivity index (χ3n) is 3.67. The molecular weight excluding hydrogens is 217 g/mol. The Morgan fingerprint density at radius 3 is 2.29 bits per heavy atom. The molecule has 1 aromatic heterocycles. The Kier molecular flexibility index (Phi) is 3.92. The van der Waals surface area contributed by atoms with E-state index in [1.807, 2.05) is 0 Å². The first-order valence-electron chi connectivity index (χ1n) is 6.39. The second-order valence-corrected chi connectivity index (χ2v) is 5.22. The van der Waals surface area contributed by atoms with Crippen LogP contribution in [0.5, 0.6) is 0 Å². The van der Waals surface area contributed by atoms with Crippen molar-refractivity contribution >= 4 is 5.95 Å². The number of aromatic nitrogens is 2. The molecule has 3 nitrogen and oxygen atoms in total. The number of rotatable bonds is 3. The van der Waals surface area contributed by atoms with E-state index in [1.54, 1.807) is 0 Å². The number of nitrogens with zero attached hydrogens (tertiary/aromatic N) is 2. The molecule has 0 aliphatic heterocycles. The topological polar surface area (TPSA) is 37.8 Å². The van der Waals surface area contributed by atoms with E-state index in [0.717, 1.165) is 24.7 Å². The second-order valence-electron chi connectivity index (χ2n) is 5.22. The van der Waals surface area contributed by atoms with Gasteiger partial charge in [-0.25, -0.2) is 14.4 Å². The van der Waals surface area contributed by atoms with E-state index in [9.17, 15) is 4.39 Å². The summed E-state index contributed by atoms with van der Waals surface area (Å²) < 4.78 is 12.7. The standard InChI is InChI=1S/C13H20FN3/c1-9(2)10-3-5-12(6-4-10)17-13-15-7-11(14)8-16-13/h7-10,12H,3-6H2,1-2H3,(H,15,16,17). The summed E-state index contributed by atoms with van der Waals surface area (Å²) in [7, 11) is 0. The molecule has 0 saturated heterocycles. The maximum atomic E-state index is 12.7. The lowest BCUT2D eigenvalue weighted by Crippen LogP contribution is -2.28. The van der Waals surface area contributed by atoms with Crippen molar-refractivity contribution in [2.24, 2.45) is 11.8 Å². The summed E-state index contributed by atoms with van der Waals surface area (Å²) in [6.45, 7) is 4.59. The van der Waals surface area contributed by atoms with Gasteiger partial charge in [0.15, 0.2) is 5.82 Å². The fourth-order valence-corrected chi connectivity index (χ4v) is 2.50. The van der Waals surface area contributed by atoms with Crippen molar-refractivity contribution in [1.29, 1.82) is 0 Å². The quantitative estimate of drug-likeness (QED) is 0.877. The van der Waals surface area contributed by atoms with E-state index in [4.69, 9.17) is 0 Å². The first-order chi connectivity index (χ1) is 8.15. The summed E-state index contributed by atoms with van der Waals surface area (Å²) in [5.41, 5.74) is 0. The van der Waals surface area contributed by atoms with Crippen LogP contribution in [0.4, 0.5) is 10.3 Å². The summed E-state index contributed by atoms with van der Waals surface area (Å²) in [4.78, 5) is 7.86. The highest BCUT2D eigenvalue weighted by atomic mass is 19.1. The van der Waals surface area contributed by atoms with Gasteiger partial charge in [-0.3, -0.25) is 0 Å². The molecule has 0 amide bonds. The molecule has 0 unspecified atom stereocenters. The summed E-state index contributed by atoms with van der Waals surface area (Å²) >= 11 is 0. The van der Waals surface area contributed by atoms with Crippen LogP contribution >= 0.6 is 0 Å². The maximum absolute atomic E-state index is 12.7. The van der Waals surface area contributed by atoms with Crippen molar-refractivity contribution in [3.05, 3.63) is 18.2 Å². The van der Waals surface area contributed by atoms with Gasteiger partial charge in [-0.15, -0.1) is 0 Å². The largest absolute Gasteiger partial charge is 0.351 e. The van der Waals surface area contributed by atoms with Gasteiger partial charge in [-0.2, -0.15) is 0 Å². The van der Waals surface area contributed by atoms with Crippen LogP contribution < -0.4 is 5.32 Å². The molecule has 1 aliphatic rings. The molecule has 17 heavy (non-hydrogen) atoms. The van der Waals surface area contributed by atoms with Crippen LogP contribution in [0.3, 0.4) is 0 Å². The van der Waals surface area contributed by atoms with Gasteiger partial charge in [0.2, 0.25) is 5.95 Å². The van der Waals surface area contributed by atoms with Crippen LogP contribution in [0.25, 0.3) is 0 Å². The van der Waals surface area contributed by atoms with Crippen molar-refractivity contribution in [3.8, 4) is 0 Å². The van der Waals surface area contributed by atoms with Gasteiger partial charge in [0.25, 0.3) is 0 Å². The number of anilines is 1. The van der Waals surface area contributed by atoms with E-state index >= 15 is 0 Å². The molecule has 94 valence electrons. The minimum atomic E-state index is -0.390. The Morgan fingerprint density at radius 1 is 1.18 bits per heavy atom. The molecule has 0 spiro atoms. The molecule has 1 fully saturated rings. The molecule has 1 saturated carbocycles. The third-order valence-corrected chi connectivity index (χ3v) is 3.67. The predicted octanol–water partition coefficient (Wildman–Crippen LogP) is 3.24. The maximum Gasteiger partial charge on any atom is 0.222 e. The van der Waals surface area contributed by atoms with Gasteiger partial charge in [0.05, 0.1) is 12.4 Å². The third kappa shape index (κ3) is 3.38. The highest BCUT2D eigenvalue weighted by Gasteiger charge is 2.23. The minimum Gasteiger partial charge on any atom is -0.351 e. The lowest BCUT2D eigenvalue weighted by molar-refractivity contribution is 0.266. The number of halogens is 1. The van der Waals surface area contributed by atoms with E-state index in [1.165, 1.54) is 25.2 Å². The lowest BCUT2D eigenvalue weighted by Gasteiger charge is -2.31. The van der Waals surface area contributed by atoms with Crippen molar-refractivity contribution < 1.29 is 4.39 Å². The van der Waals surface area contributed by atoms with Gasteiger partial charge >= 0.3 is 0 Å². The van der Waals surface area contributed by atoms with Crippen LogP contribution in [0.15, 0.2) is 12.4 Å². The molecule has 1 aliphatic carbocycles. The van der Waals surface area contributed by atoms with Crippen molar-refractivity contribution in [2.45, 2.75) is 45.6 Å². The van der Waals surface area contributed by atoms with E-state index in [0.29, 0.717) is 12.0 Å². The lowest BCUT2D eigenvalue weighted by atomic mass is 9.80. The molecule has 1 N–H and O–H groups in total. The van der Waals surface area contributed by atoms with Crippen molar-refractivity contribution in [1.82, 2.24) is 9.97 Å². The van der Waals surface area contributed by atoms with Gasteiger partial charge in [-0.05, 0) is 37.5 Å². The van der Waals surface area contributed by atoms with E-state index < -0.39 is 0 Å². The van der Waals surface area contributed by atoms with E-state index in [-0.39, 0.29) is 5.82 Å². The zero-order valence-electron chi connectivity index (χ0n) is 10.5. The molecule has 0 atom stereocenters. The van der Waals surface area contributed by atoms with Crippen LogP contribution in [-0.2, 0) is 0 Å². The molecular formula is C13H20FN3. The zero-order chi connectivity index (χ0) is 12.3. The number of hydrogen-bond donors (Lipinski definition) is 1. The van der Waals surface area contributed by atoms with Crippen LogP contribution in [0, 0.1) is 17.7 Å². The summed E-state index contributed by atoms with van der Waals surface area (Å²) in [5.74, 6) is 1.78. The molecule has 4 heteroatoms. The monoisotopic (exact) mass is 237 g/mol. The van der Waals surface area contributed by atoms with Crippen molar-refractivity contribution in [2.75, 3.05) is 5.32 Å². The van der Waals surface area contributed by atoms with Crippen LogP contribution in [-0.4, -0.2) is 16.0 Å². The average molecular weight is 237 g/mol. The smallest absolute Gasteiger partial charge is 0.222 e. The fraction of sp³-hybridized carbons (Fsp3) is 0.692. The highest BCUT2D eigenvalue weighted by molar-refractivity contribution is 5.24. The Morgan fingerprint density at radius 2 is 1.76 bits per heavy atom. The first kappa shape index (κ1) is 12.3. The first-order valence-corrected chi connectivity index (χ1v) is 6.39. The number of hydrogen-bond acceptors (Lipinski definition) is 3. The Hall–Kier alpha value is -1.19. The summed E-state index contributed by atoms with van der Waals surface area (Å²) in [6, 6.07) is 0.440. The summed E-state index contributed by atoms with van der Waals surface area (Å²) in [5, 5.41) is 3.28. The Balaban J connectivity index is 1.84. The molecule has 2 rings (SSSR count). The minimum absolute atomic E-state index is 0.390. The predicted molar refractivity (Wildman–Crippen MR) is 66.2 cm³/mol. The normalized spacial score (nSPS) is 24.9. The van der Waals surface area contributed by atoms with E-state index in [2.05, 4.69) is 29.1 Å². The van der Waals surface area contributed by atoms with Gasteiger partial charge in [0, 0.05) is 6.04 Å². The zero-order valence-corrected chi connectivity index (χ0v) is 10.5. The van der Waals surface area contributed by atoms with Gasteiger partial charge in [-0.1, -0.05) is 13.8 Å². The highest BCUT2D eigenvalue weighted by Crippen LogP contribution is 2.30. The van der Waals surface area contributed by atoms with Crippen LogP contribution in [0.2, 0.25) is 0 Å². The number of nitrogens with one attached hydrogen (secondary N) is 1. The van der Waals surface area contributed by atoms with Crippen LogP contribution in [0.1, 0.15) is 39.5 Å². The molecule has 0 radical (unpaired) electrons. The Labute approximate surface area is 102 Å². The molecule has 0 bridgehead atoms. The second kappa shape index (κ2) is 5.43. The Bertz CT molecular complexity index is 342. The average Bonchev–Trinajstić information content (AvgIpc) is 2.33. The molecule has 0 aromatic carbocycles. The SMILES string of the molecule is CC(C)C1CCC(Nc2ncc(F)cn2)CC1. The van der Waals surface area contributed by atoms with Gasteiger partial charge in [0.1, 0.15) is 0 Å². The van der Waals surface area contributed by atoms with Crippen molar-refractivity contribution in [3.63, 3.8) is 0 Å². The van der Waals surface area contributed by atoms with Gasteiger partial charge < -0.3 is 5.32 Å². The summed E-state index contributed by atoms with van der Waals surface area (Å²) in [6.07, 6.45) is 7.24. The molecule has 1 heterocycles.